The molecule has 1 unspecified atom stereocenters. The highest BCUT2D eigenvalue weighted by molar-refractivity contribution is 7.89. The van der Waals surface area contributed by atoms with Crippen LogP contribution in [0.15, 0.2) is 23.1 Å². The van der Waals surface area contributed by atoms with Gasteiger partial charge in [0.05, 0.1) is 12.0 Å². The van der Waals surface area contributed by atoms with Gasteiger partial charge in [0.25, 0.3) is 0 Å². The highest BCUT2D eigenvalue weighted by Crippen LogP contribution is 2.31. The van der Waals surface area contributed by atoms with Gasteiger partial charge in [0, 0.05) is 25.7 Å². The van der Waals surface area contributed by atoms with E-state index in [1.807, 2.05) is 4.90 Å². The van der Waals surface area contributed by atoms with E-state index in [-0.39, 0.29) is 10.8 Å². The lowest BCUT2D eigenvalue weighted by atomic mass is 10.2. The fourth-order valence-corrected chi connectivity index (χ4v) is 5.78. The molecule has 1 atom stereocenters. The van der Waals surface area contributed by atoms with Crippen molar-refractivity contribution < 1.29 is 17.9 Å². The largest absolute Gasteiger partial charge is 0.497 e. The van der Waals surface area contributed by atoms with Gasteiger partial charge >= 0.3 is 0 Å². The SMILES string of the molecule is COc1ccc(C)c(S(=O)(=O)N2CCCC2C(=O)N2CCCCCC2)c1. The van der Waals surface area contributed by atoms with Crippen LogP contribution in [-0.4, -0.2) is 56.3 Å². The number of carbonyl (C=O) groups is 1. The molecule has 7 heteroatoms. The number of amides is 1. The van der Waals surface area contributed by atoms with E-state index < -0.39 is 16.1 Å². The standard InChI is InChI=1S/C19H28N2O4S/c1-15-9-10-16(25-2)14-18(15)26(23,24)21-13-7-8-17(21)19(22)20-11-5-3-4-6-12-20/h9-10,14,17H,3-8,11-13H2,1-2H3. The predicted octanol–water partition coefficient (Wildman–Crippen LogP) is 2.56. The van der Waals surface area contributed by atoms with Gasteiger partial charge in [-0.2, -0.15) is 4.31 Å². The number of nitrogens with zero attached hydrogens (tertiary/aromatic N) is 2. The lowest BCUT2D eigenvalue weighted by Gasteiger charge is -2.29. The maximum absolute atomic E-state index is 13.3. The summed E-state index contributed by atoms with van der Waals surface area (Å²) in [7, 11) is -2.22. The van der Waals surface area contributed by atoms with Crippen LogP contribution >= 0.6 is 0 Å². The predicted molar refractivity (Wildman–Crippen MR) is 99.7 cm³/mol. The summed E-state index contributed by atoms with van der Waals surface area (Å²) < 4.78 is 33.2. The number of ether oxygens (including phenoxy) is 1. The first-order chi connectivity index (χ1) is 12.4. The van der Waals surface area contributed by atoms with Crippen molar-refractivity contribution in [3.8, 4) is 5.75 Å². The zero-order valence-electron chi connectivity index (χ0n) is 15.6. The average Bonchev–Trinajstić information content (AvgIpc) is 2.98. The minimum Gasteiger partial charge on any atom is -0.497 e. The van der Waals surface area contributed by atoms with Crippen LogP contribution in [0.1, 0.15) is 44.1 Å². The Bertz CT molecular complexity index is 755. The van der Waals surface area contributed by atoms with E-state index in [1.165, 1.54) is 11.4 Å². The molecular weight excluding hydrogens is 352 g/mol. The van der Waals surface area contributed by atoms with E-state index >= 15 is 0 Å². The van der Waals surface area contributed by atoms with E-state index in [2.05, 4.69) is 0 Å². The van der Waals surface area contributed by atoms with Gasteiger partial charge in [-0.3, -0.25) is 4.79 Å². The van der Waals surface area contributed by atoms with E-state index in [9.17, 15) is 13.2 Å². The lowest BCUT2D eigenvalue weighted by molar-refractivity contribution is -0.134. The highest BCUT2D eigenvalue weighted by Gasteiger charge is 2.41. The van der Waals surface area contributed by atoms with Crippen LogP contribution in [0, 0.1) is 6.92 Å². The Morgan fingerprint density at radius 1 is 1.08 bits per heavy atom. The summed E-state index contributed by atoms with van der Waals surface area (Å²) in [5, 5.41) is 0. The molecule has 0 spiro atoms. The molecule has 2 fully saturated rings. The number of hydrogen-bond acceptors (Lipinski definition) is 4. The molecule has 26 heavy (non-hydrogen) atoms. The first kappa shape index (κ1) is 19.2. The molecule has 144 valence electrons. The second-order valence-corrected chi connectivity index (χ2v) is 9.00. The highest BCUT2D eigenvalue weighted by atomic mass is 32.2. The third-order valence-corrected chi connectivity index (χ3v) is 7.44. The molecule has 0 radical (unpaired) electrons. The lowest BCUT2D eigenvalue weighted by Crippen LogP contribution is -2.48. The van der Waals surface area contributed by atoms with Crippen LogP contribution in [-0.2, 0) is 14.8 Å². The van der Waals surface area contributed by atoms with Gasteiger partial charge in [-0.15, -0.1) is 0 Å². The van der Waals surface area contributed by atoms with Crippen molar-refractivity contribution in [2.75, 3.05) is 26.7 Å². The number of carbonyl (C=O) groups excluding carboxylic acids is 1. The van der Waals surface area contributed by atoms with Gasteiger partial charge in [-0.1, -0.05) is 18.9 Å². The molecule has 1 amide bonds. The van der Waals surface area contributed by atoms with Crippen LogP contribution in [0.3, 0.4) is 0 Å². The molecule has 0 aromatic heterocycles. The Morgan fingerprint density at radius 3 is 2.42 bits per heavy atom. The van der Waals surface area contributed by atoms with Crippen LogP contribution in [0.5, 0.6) is 5.75 Å². The Kier molecular flexibility index (Phi) is 5.87. The topological polar surface area (TPSA) is 66.9 Å². The Balaban J connectivity index is 1.88. The van der Waals surface area contributed by atoms with Crippen LogP contribution in [0.4, 0.5) is 0 Å². The van der Waals surface area contributed by atoms with E-state index in [0.717, 1.165) is 38.8 Å². The van der Waals surface area contributed by atoms with Crippen LogP contribution in [0.25, 0.3) is 0 Å². The van der Waals surface area contributed by atoms with Crippen molar-refractivity contribution >= 4 is 15.9 Å². The quantitative estimate of drug-likeness (QED) is 0.805. The summed E-state index contributed by atoms with van der Waals surface area (Å²) in [6, 6.07) is 4.46. The number of sulfonamides is 1. The normalized spacial score (nSPS) is 22.2. The van der Waals surface area contributed by atoms with Crippen molar-refractivity contribution in [2.45, 2.75) is 56.4 Å². The van der Waals surface area contributed by atoms with Gasteiger partial charge in [0.1, 0.15) is 11.8 Å². The maximum atomic E-state index is 13.3. The average molecular weight is 381 g/mol. The number of benzene rings is 1. The first-order valence-corrected chi connectivity index (χ1v) is 10.8. The Hall–Kier alpha value is -1.60. The van der Waals surface area contributed by atoms with E-state index in [4.69, 9.17) is 4.74 Å². The first-order valence-electron chi connectivity index (χ1n) is 9.40. The maximum Gasteiger partial charge on any atom is 0.244 e. The minimum atomic E-state index is -3.74. The number of hydrogen-bond donors (Lipinski definition) is 0. The molecule has 6 nitrogen and oxygen atoms in total. The van der Waals surface area contributed by atoms with Gasteiger partial charge in [0.15, 0.2) is 0 Å². The number of aryl methyl sites for hydroxylation is 1. The van der Waals surface area contributed by atoms with Crippen molar-refractivity contribution in [1.29, 1.82) is 0 Å². The van der Waals surface area contributed by atoms with Crippen molar-refractivity contribution in [3.05, 3.63) is 23.8 Å². The molecule has 2 aliphatic rings. The van der Waals surface area contributed by atoms with E-state index in [0.29, 0.717) is 30.7 Å². The fourth-order valence-electron chi connectivity index (χ4n) is 3.89. The van der Waals surface area contributed by atoms with Gasteiger partial charge in [-0.05, 0) is 44.2 Å². The van der Waals surface area contributed by atoms with E-state index in [1.54, 1.807) is 25.1 Å². The second kappa shape index (κ2) is 7.96. The van der Waals surface area contributed by atoms with Gasteiger partial charge < -0.3 is 9.64 Å². The molecule has 0 aliphatic carbocycles. The monoisotopic (exact) mass is 380 g/mol. The zero-order valence-corrected chi connectivity index (χ0v) is 16.4. The zero-order chi connectivity index (χ0) is 18.7. The molecule has 1 aromatic rings. The molecule has 2 heterocycles. The van der Waals surface area contributed by atoms with Gasteiger partial charge in [0.2, 0.25) is 15.9 Å². The molecule has 1 aromatic carbocycles. The van der Waals surface area contributed by atoms with Crippen LogP contribution in [0.2, 0.25) is 0 Å². The van der Waals surface area contributed by atoms with Crippen molar-refractivity contribution in [1.82, 2.24) is 9.21 Å². The molecule has 0 saturated carbocycles. The summed E-state index contributed by atoms with van der Waals surface area (Å²) in [5.41, 5.74) is 0.665. The molecule has 2 saturated heterocycles. The smallest absolute Gasteiger partial charge is 0.244 e. The number of methoxy groups -OCH3 is 1. The Labute approximate surface area is 156 Å². The Morgan fingerprint density at radius 2 is 1.77 bits per heavy atom. The second-order valence-electron chi connectivity index (χ2n) is 7.14. The van der Waals surface area contributed by atoms with Crippen molar-refractivity contribution in [3.63, 3.8) is 0 Å². The number of rotatable bonds is 4. The molecular formula is C19H28N2O4S. The molecule has 0 N–H and O–H groups in total. The van der Waals surface area contributed by atoms with Crippen molar-refractivity contribution in [2.24, 2.45) is 0 Å². The number of likely N-dealkylation sites (tertiary alicyclic amines) is 1. The summed E-state index contributed by atoms with van der Waals surface area (Å²) in [6.45, 7) is 3.64. The third kappa shape index (κ3) is 3.74. The summed E-state index contributed by atoms with van der Waals surface area (Å²) in [5.74, 6) is 0.470. The summed E-state index contributed by atoms with van der Waals surface area (Å²) in [4.78, 5) is 15.1. The minimum absolute atomic E-state index is 0.0338. The van der Waals surface area contributed by atoms with Gasteiger partial charge in [-0.25, -0.2) is 8.42 Å². The molecule has 2 aliphatic heterocycles. The molecule has 0 bridgehead atoms. The summed E-state index contributed by atoms with van der Waals surface area (Å²) in [6.07, 6.45) is 5.59. The fraction of sp³-hybridized carbons (Fsp3) is 0.632. The molecule has 3 rings (SSSR count). The third-order valence-electron chi connectivity index (χ3n) is 5.39. The summed E-state index contributed by atoms with van der Waals surface area (Å²) >= 11 is 0. The van der Waals surface area contributed by atoms with Crippen LogP contribution < -0.4 is 4.74 Å².